The molecule has 4 rings (SSSR count). The van der Waals surface area contributed by atoms with Gasteiger partial charge >= 0.3 is 5.63 Å². The Kier molecular flexibility index (Phi) is 5.54. The van der Waals surface area contributed by atoms with Gasteiger partial charge in [0.1, 0.15) is 5.58 Å². The molecule has 1 aliphatic heterocycles. The summed E-state index contributed by atoms with van der Waals surface area (Å²) in [6.45, 7) is 4.19. The first-order valence-electron chi connectivity index (χ1n) is 9.80. The predicted molar refractivity (Wildman–Crippen MR) is 112 cm³/mol. The van der Waals surface area contributed by atoms with Crippen molar-refractivity contribution < 1.29 is 12.8 Å². The standard InChI is InChI=1S/C22H24N2O4S/c1-2-19(24-12-11-16-5-3-4-6-18(16)15-24)14-23-29(26,27)20-8-9-21-17(13-20)7-10-22(25)28-21/h3-10,13,19,23H,2,11-12,14-15H2,1H3. The van der Waals surface area contributed by atoms with Crippen molar-refractivity contribution in [1.29, 1.82) is 0 Å². The van der Waals surface area contributed by atoms with Crippen molar-refractivity contribution in [2.75, 3.05) is 13.1 Å². The fourth-order valence-electron chi connectivity index (χ4n) is 3.87. The van der Waals surface area contributed by atoms with Crippen LogP contribution in [0.4, 0.5) is 0 Å². The van der Waals surface area contributed by atoms with Crippen molar-refractivity contribution in [3.63, 3.8) is 0 Å². The topological polar surface area (TPSA) is 79.6 Å². The Labute approximate surface area is 170 Å². The molecular formula is C22H24N2O4S. The zero-order valence-electron chi connectivity index (χ0n) is 16.3. The van der Waals surface area contributed by atoms with Crippen molar-refractivity contribution >= 4 is 21.0 Å². The Morgan fingerprint density at radius 3 is 2.69 bits per heavy atom. The lowest BCUT2D eigenvalue weighted by Crippen LogP contribution is -2.45. The summed E-state index contributed by atoms with van der Waals surface area (Å²) in [6, 6.07) is 15.9. The van der Waals surface area contributed by atoms with Gasteiger partial charge in [-0.1, -0.05) is 31.2 Å². The maximum atomic E-state index is 12.8. The maximum Gasteiger partial charge on any atom is 0.336 e. The van der Waals surface area contributed by atoms with E-state index in [-0.39, 0.29) is 10.9 Å². The quantitative estimate of drug-likeness (QED) is 0.630. The Hall–Kier alpha value is -2.48. The molecular weight excluding hydrogens is 388 g/mol. The fourth-order valence-corrected chi connectivity index (χ4v) is 4.97. The lowest BCUT2D eigenvalue weighted by atomic mass is 9.98. The molecule has 0 spiro atoms. The van der Waals surface area contributed by atoms with Crippen LogP contribution in [0.3, 0.4) is 0 Å². The van der Waals surface area contributed by atoms with E-state index in [0.29, 0.717) is 17.5 Å². The molecule has 1 atom stereocenters. The summed E-state index contributed by atoms with van der Waals surface area (Å²) < 4.78 is 33.5. The summed E-state index contributed by atoms with van der Waals surface area (Å²) in [5.74, 6) is 0. The number of fused-ring (bicyclic) bond motifs is 2. The van der Waals surface area contributed by atoms with Gasteiger partial charge in [-0.05, 0) is 48.2 Å². The van der Waals surface area contributed by atoms with E-state index in [0.717, 1.165) is 25.9 Å². The molecule has 152 valence electrons. The molecule has 0 amide bonds. The molecule has 1 aliphatic rings. The zero-order chi connectivity index (χ0) is 20.4. The first kappa shape index (κ1) is 19.8. The minimum absolute atomic E-state index is 0.122. The number of nitrogens with zero attached hydrogens (tertiary/aromatic N) is 1. The number of sulfonamides is 1. The van der Waals surface area contributed by atoms with E-state index in [1.807, 2.05) is 6.07 Å². The van der Waals surface area contributed by atoms with Crippen molar-refractivity contribution in [3.8, 4) is 0 Å². The third-order valence-electron chi connectivity index (χ3n) is 5.56. The molecule has 2 aromatic carbocycles. The summed E-state index contributed by atoms with van der Waals surface area (Å²) in [5.41, 5.74) is 2.60. The molecule has 6 nitrogen and oxygen atoms in total. The first-order chi connectivity index (χ1) is 14.0. The molecule has 29 heavy (non-hydrogen) atoms. The van der Waals surface area contributed by atoms with Gasteiger partial charge in [0.25, 0.3) is 0 Å². The van der Waals surface area contributed by atoms with Crippen LogP contribution in [0.15, 0.2) is 68.7 Å². The van der Waals surface area contributed by atoms with Gasteiger partial charge in [-0.3, -0.25) is 4.90 Å². The van der Waals surface area contributed by atoms with E-state index in [2.05, 4.69) is 34.7 Å². The van der Waals surface area contributed by atoms with Gasteiger partial charge < -0.3 is 4.42 Å². The molecule has 3 aromatic rings. The van der Waals surface area contributed by atoms with E-state index in [9.17, 15) is 13.2 Å². The lowest BCUT2D eigenvalue weighted by Gasteiger charge is -2.35. The molecule has 7 heteroatoms. The van der Waals surface area contributed by atoms with Crippen molar-refractivity contribution in [3.05, 3.63) is 76.1 Å². The molecule has 0 saturated carbocycles. The van der Waals surface area contributed by atoms with Gasteiger partial charge in [0.2, 0.25) is 10.0 Å². The monoisotopic (exact) mass is 412 g/mol. The average molecular weight is 413 g/mol. The van der Waals surface area contributed by atoms with Gasteiger partial charge in [0.05, 0.1) is 4.90 Å². The number of nitrogens with one attached hydrogen (secondary N) is 1. The Morgan fingerprint density at radius 2 is 1.90 bits per heavy atom. The van der Waals surface area contributed by atoms with Crippen LogP contribution in [0.2, 0.25) is 0 Å². The summed E-state index contributed by atoms with van der Waals surface area (Å²) in [5, 5.41) is 0.576. The molecule has 0 radical (unpaired) electrons. The molecule has 0 saturated heterocycles. The molecule has 1 aromatic heterocycles. The minimum Gasteiger partial charge on any atom is -0.423 e. The molecule has 0 aliphatic carbocycles. The van der Waals surface area contributed by atoms with Crippen LogP contribution in [0, 0.1) is 0 Å². The third-order valence-corrected chi connectivity index (χ3v) is 6.98. The lowest BCUT2D eigenvalue weighted by molar-refractivity contribution is 0.175. The van der Waals surface area contributed by atoms with Crippen molar-refractivity contribution in [2.24, 2.45) is 0 Å². The minimum atomic E-state index is -3.66. The Morgan fingerprint density at radius 1 is 1.10 bits per heavy atom. The third kappa shape index (κ3) is 4.27. The van der Waals surface area contributed by atoms with Crippen LogP contribution in [0.5, 0.6) is 0 Å². The van der Waals surface area contributed by atoms with Crippen LogP contribution in [0.25, 0.3) is 11.0 Å². The molecule has 1 unspecified atom stereocenters. The second-order valence-corrected chi connectivity index (χ2v) is 9.12. The highest BCUT2D eigenvalue weighted by molar-refractivity contribution is 7.89. The van der Waals surface area contributed by atoms with Gasteiger partial charge in [0, 0.05) is 37.1 Å². The van der Waals surface area contributed by atoms with E-state index in [1.165, 1.54) is 35.4 Å². The van der Waals surface area contributed by atoms with Gasteiger partial charge in [-0.15, -0.1) is 0 Å². The summed E-state index contributed by atoms with van der Waals surface area (Å²) in [4.78, 5) is 13.8. The summed E-state index contributed by atoms with van der Waals surface area (Å²) in [6.07, 6.45) is 1.84. The average Bonchev–Trinajstić information content (AvgIpc) is 2.73. The second kappa shape index (κ2) is 8.10. The first-order valence-corrected chi connectivity index (χ1v) is 11.3. The number of benzene rings is 2. The van der Waals surface area contributed by atoms with E-state index >= 15 is 0 Å². The molecule has 0 bridgehead atoms. The predicted octanol–water partition coefficient (Wildman–Crippen LogP) is 2.91. The van der Waals surface area contributed by atoms with E-state index < -0.39 is 15.6 Å². The highest BCUT2D eigenvalue weighted by Crippen LogP contribution is 2.22. The smallest absolute Gasteiger partial charge is 0.336 e. The normalized spacial score (nSPS) is 15.9. The number of hydrogen-bond acceptors (Lipinski definition) is 5. The highest BCUT2D eigenvalue weighted by atomic mass is 32.2. The van der Waals surface area contributed by atoms with Crippen LogP contribution in [-0.2, 0) is 23.0 Å². The second-order valence-electron chi connectivity index (χ2n) is 7.36. The largest absolute Gasteiger partial charge is 0.423 e. The highest BCUT2D eigenvalue weighted by Gasteiger charge is 2.24. The van der Waals surface area contributed by atoms with Crippen LogP contribution in [0.1, 0.15) is 24.5 Å². The van der Waals surface area contributed by atoms with Crippen LogP contribution in [-0.4, -0.2) is 32.4 Å². The summed E-state index contributed by atoms with van der Waals surface area (Å²) in [7, 11) is -3.66. The number of hydrogen-bond donors (Lipinski definition) is 1. The zero-order valence-corrected chi connectivity index (χ0v) is 17.1. The SMILES string of the molecule is CCC(CNS(=O)(=O)c1ccc2oc(=O)ccc2c1)N1CCc2ccccc2C1. The van der Waals surface area contributed by atoms with Gasteiger partial charge in [0.15, 0.2) is 0 Å². The maximum absolute atomic E-state index is 12.8. The van der Waals surface area contributed by atoms with Gasteiger partial charge in [-0.25, -0.2) is 17.9 Å². The van der Waals surface area contributed by atoms with E-state index in [1.54, 1.807) is 6.07 Å². The Bertz CT molecular complexity index is 1190. The summed E-state index contributed by atoms with van der Waals surface area (Å²) >= 11 is 0. The van der Waals surface area contributed by atoms with Gasteiger partial charge in [-0.2, -0.15) is 0 Å². The molecule has 2 heterocycles. The van der Waals surface area contributed by atoms with Crippen molar-refractivity contribution in [2.45, 2.75) is 37.2 Å². The number of rotatable bonds is 6. The molecule has 1 N–H and O–H groups in total. The van der Waals surface area contributed by atoms with Crippen LogP contribution < -0.4 is 10.3 Å². The van der Waals surface area contributed by atoms with E-state index in [4.69, 9.17) is 4.42 Å². The molecule has 0 fully saturated rings. The fraction of sp³-hybridized carbons (Fsp3) is 0.318. The van der Waals surface area contributed by atoms with Crippen LogP contribution >= 0.6 is 0 Å². The van der Waals surface area contributed by atoms with Crippen molar-refractivity contribution in [1.82, 2.24) is 9.62 Å². The Balaban J connectivity index is 1.48.